The Hall–Kier alpha value is -7.74. The average molecular weight is 1280 g/mol. The second kappa shape index (κ2) is 36.8. The quantitative estimate of drug-likeness (QED) is 0.0395. The molecule has 90 heavy (non-hydrogen) atoms. The second-order valence-corrected chi connectivity index (χ2v) is 26.1. The zero-order valence-corrected chi connectivity index (χ0v) is 54.8. The number of hydrogen-bond acceptors (Lipinski definition) is 14. The first-order valence-corrected chi connectivity index (χ1v) is 32.7. The van der Waals surface area contributed by atoms with E-state index in [0.29, 0.717) is 24.2 Å². The van der Waals surface area contributed by atoms with Gasteiger partial charge in [-0.15, -0.1) is 0 Å². The number of hydrogen-bond donors (Lipinski definition) is 13. The molecule has 0 unspecified atom stereocenters. The van der Waals surface area contributed by atoms with E-state index in [1.165, 1.54) is 40.9 Å². The summed E-state index contributed by atoms with van der Waals surface area (Å²) in [6.07, 6.45) is 5.80. The molecule has 0 radical (unpaired) electrons. The van der Waals surface area contributed by atoms with Crippen LogP contribution in [0.5, 0.6) is 5.75 Å². The number of nitrogens with one attached hydrogen (secondary N) is 10. The van der Waals surface area contributed by atoms with Crippen molar-refractivity contribution in [1.29, 1.82) is 0 Å². The number of amides is 10. The third kappa shape index (κ3) is 24.2. The number of aromatic amines is 1. The number of aliphatic carboxylic acids is 1. The summed E-state index contributed by atoms with van der Waals surface area (Å²) in [6.45, 7) is 17.2. The van der Waals surface area contributed by atoms with E-state index >= 15 is 0 Å². The maximum atomic E-state index is 14.6. The zero-order chi connectivity index (χ0) is 66.9. The molecule has 0 spiro atoms. The first-order chi connectivity index (χ1) is 42.5. The van der Waals surface area contributed by atoms with E-state index in [-0.39, 0.29) is 87.3 Å². The Morgan fingerprint density at radius 1 is 0.611 bits per heavy atom. The Bertz CT molecular complexity index is 2920. The minimum atomic E-state index is -1.31. The van der Waals surface area contributed by atoms with E-state index in [9.17, 15) is 63.0 Å². The lowest BCUT2D eigenvalue weighted by Gasteiger charge is -2.32. The molecule has 1 aliphatic rings. The van der Waals surface area contributed by atoms with Gasteiger partial charge in [-0.2, -0.15) is 11.8 Å². The van der Waals surface area contributed by atoms with Gasteiger partial charge in [-0.1, -0.05) is 106 Å². The Morgan fingerprint density at radius 2 is 1.13 bits per heavy atom. The number of para-hydroxylation sites is 1. The summed E-state index contributed by atoms with van der Waals surface area (Å²) >= 11 is 1.49. The van der Waals surface area contributed by atoms with Crippen molar-refractivity contribution in [2.24, 2.45) is 35.3 Å². The third-order valence-electron chi connectivity index (χ3n) is 15.5. The van der Waals surface area contributed by atoms with Gasteiger partial charge in [-0.25, -0.2) is 0 Å². The maximum Gasteiger partial charge on any atom is 0.322 e. The number of carbonyl (C=O) groups is 11. The molecule has 2 aromatic carbocycles. The fraction of sp³-hybridized carbons (Fsp3) is 0.609. The Morgan fingerprint density at radius 3 is 1.73 bits per heavy atom. The molecule has 1 fully saturated rings. The van der Waals surface area contributed by atoms with Crippen molar-refractivity contribution >= 4 is 87.7 Å². The van der Waals surface area contributed by atoms with Crippen molar-refractivity contribution in [1.82, 2.24) is 57.7 Å². The topological polar surface area (TPSA) is 382 Å². The summed E-state index contributed by atoms with van der Waals surface area (Å²) in [6, 6.07) is 3.37. The molecule has 25 nitrogen and oxygen atoms in total. The average Bonchev–Trinajstić information content (AvgIpc) is 2.22. The molecule has 3 aromatic rings. The van der Waals surface area contributed by atoms with Crippen molar-refractivity contribution in [3.63, 3.8) is 0 Å². The third-order valence-corrected chi connectivity index (χ3v) is 16.2. The largest absolute Gasteiger partial charge is 0.508 e. The molecule has 10 atom stereocenters. The predicted molar refractivity (Wildman–Crippen MR) is 344 cm³/mol. The number of phenols is 1. The number of carboxylic acids is 1. The molecule has 1 aromatic heterocycles. The molecule has 0 saturated carbocycles. The van der Waals surface area contributed by atoms with Gasteiger partial charge in [0, 0.05) is 30.1 Å². The molecule has 4 rings (SSSR count). The lowest BCUT2D eigenvalue weighted by Crippen LogP contribution is -2.61. The molecular weight excluding hydrogens is 1180 g/mol. The number of aromatic nitrogens is 1. The van der Waals surface area contributed by atoms with Crippen LogP contribution in [0, 0.1) is 29.6 Å². The van der Waals surface area contributed by atoms with Gasteiger partial charge < -0.3 is 73.7 Å². The van der Waals surface area contributed by atoms with Crippen molar-refractivity contribution in [2.45, 2.75) is 188 Å². The number of phenolic OH excluding ortho intramolecular Hbond substituents is 1. The van der Waals surface area contributed by atoms with E-state index in [1.54, 1.807) is 27.0 Å². The Balaban J connectivity index is 1.44. The number of nitrogens with zero attached hydrogens (tertiary/aromatic N) is 1. The van der Waals surface area contributed by atoms with E-state index in [2.05, 4.69) is 52.8 Å². The normalized spacial score (nSPS) is 16.2. The minimum absolute atomic E-state index is 0.0320. The SMILES string of the molecule is CC[C@H](C)[C@H](NC(=O)[C@H](CC(C)C)NC(=O)[C@@H]1CCCN1C(=O)[C@H](CC(C)C)NC(=O)[C@H](CCSC)NC(=O)[C@@H](N)Cc1c[nH]c2ccccc12)C(=O)N[C@@H](CC(C)C)C(=O)NCC(=O)N[C@@H](CC(C)C)C(=O)N[C@@H](Cc1ccc(O)cc1)C(=O)NCC(=O)O. The highest BCUT2D eigenvalue weighted by atomic mass is 32.2. The fourth-order valence-corrected chi connectivity index (χ4v) is 11.1. The Labute approximate surface area is 532 Å². The van der Waals surface area contributed by atoms with Gasteiger partial charge in [0.05, 0.1) is 12.6 Å². The van der Waals surface area contributed by atoms with Gasteiger partial charge in [-0.05, 0) is 122 Å². The van der Waals surface area contributed by atoms with Crippen LogP contribution in [0.4, 0.5) is 0 Å². The van der Waals surface area contributed by atoms with Crippen LogP contribution < -0.4 is 53.6 Å². The molecule has 14 N–H and O–H groups in total. The summed E-state index contributed by atoms with van der Waals surface area (Å²) in [7, 11) is 0. The van der Waals surface area contributed by atoms with Crippen LogP contribution in [0.1, 0.15) is 132 Å². The van der Waals surface area contributed by atoms with E-state index in [1.807, 2.05) is 79.0 Å². The Kier molecular flexibility index (Phi) is 30.6. The highest BCUT2D eigenvalue weighted by Crippen LogP contribution is 2.23. The van der Waals surface area contributed by atoms with Crippen LogP contribution in [-0.4, -0.2) is 171 Å². The predicted octanol–water partition coefficient (Wildman–Crippen LogP) is 2.67. The smallest absolute Gasteiger partial charge is 0.322 e. The van der Waals surface area contributed by atoms with Crippen LogP contribution >= 0.6 is 11.8 Å². The fourth-order valence-electron chi connectivity index (χ4n) is 10.6. The number of carbonyl (C=O) groups excluding carboxylic acids is 10. The number of H-pyrrole nitrogens is 1. The number of carboxylic acid groups (broad SMARTS) is 1. The molecule has 498 valence electrons. The summed E-state index contributed by atoms with van der Waals surface area (Å²) in [5.41, 5.74) is 8.71. The highest BCUT2D eigenvalue weighted by molar-refractivity contribution is 7.98. The summed E-state index contributed by atoms with van der Waals surface area (Å²) < 4.78 is 0. The van der Waals surface area contributed by atoms with Crippen molar-refractivity contribution in [3.8, 4) is 5.75 Å². The van der Waals surface area contributed by atoms with Crippen LogP contribution in [-0.2, 0) is 65.6 Å². The van der Waals surface area contributed by atoms with Crippen LogP contribution in [0.15, 0.2) is 54.7 Å². The van der Waals surface area contributed by atoms with Crippen LogP contribution in [0.2, 0.25) is 0 Å². The van der Waals surface area contributed by atoms with Crippen molar-refractivity contribution in [2.75, 3.05) is 31.6 Å². The first-order valence-electron chi connectivity index (χ1n) is 31.3. The highest BCUT2D eigenvalue weighted by Gasteiger charge is 2.41. The van der Waals surface area contributed by atoms with Crippen LogP contribution in [0.3, 0.4) is 0 Å². The van der Waals surface area contributed by atoms with Gasteiger partial charge in [0.15, 0.2) is 0 Å². The van der Waals surface area contributed by atoms with E-state index < -0.39 is 138 Å². The molecular formula is C64H98N12O13S. The van der Waals surface area contributed by atoms with Gasteiger partial charge in [0.1, 0.15) is 60.6 Å². The summed E-state index contributed by atoms with van der Waals surface area (Å²) in [5.74, 6) is -8.44. The van der Waals surface area contributed by atoms with Gasteiger partial charge in [0.2, 0.25) is 59.1 Å². The standard InChI is InChI=1S/C64H98N12O13S/c1-12-39(10)55(63(88)73-47(26-35(2)3)57(82)67-33-53(78)69-48(27-36(4)5)60(85)71-50(58(83)68-34-54(79)80)30-40-19-21-42(77)22-20-40)75-61(86)49(28-37(6)7)72-62(87)52-18-15-24-76(52)64(89)51(29-38(8)9)74-59(84)46(23-25-90-11)70-56(81)44(65)31-41-32-66-45-17-14-13-16-43(41)45/h13-14,16-17,19-22,32,35-39,44,46-52,55,66,77H,12,15,18,23-31,33-34,65H2,1-11H3,(H,67,82)(H,68,83)(H,69,78)(H,70,81)(H,71,85)(H,72,87)(H,73,88)(H,74,84)(H,75,86)(H,79,80)/t39-,44-,46-,47-,48-,49-,50-,51-,52-,55-/m0/s1. The number of rotatable bonds is 37. The van der Waals surface area contributed by atoms with Gasteiger partial charge in [0.25, 0.3) is 0 Å². The molecule has 1 saturated heterocycles. The molecule has 0 bridgehead atoms. The lowest BCUT2D eigenvalue weighted by molar-refractivity contribution is -0.143. The monoisotopic (exact) mass is 1270 g/mol. The summed E-state index contributed by atoms with van der Waals surface area (Å²) in [5, 5.41) is 44.1. The second-order valence-electron chi connectivity index (χ2n) is 25.2. The molecule has 2 heterocycles. The lowest BCUT2D eigenvalue weighted by atomic mass is 9.95. The van der Waals surface area contributed by atoms with Gasteiger partial charge in [-0.3, -0.25) is 52.7 Å². The molecule has 10 amide bonds. The van der Waals surface area contributed by atoms with Crippen molar-refractivity contribution in [3.05, 3.63) is 65.9 Å². The van der Waals surface area contributed by atoms with E-state index in [0.717, 1.165) is 16.5 Å². The molecule has 1 aliphatic heterocycles. The van der Waals surface area contributed by atoms with E-state index in [4.69, 9.17) is 5.73 Å². The number of nitrogens with two attached hydrogens (primary N) is 1. The minimum Gasteiger partial charge on any atom is -0.508 e. The van der Waals surface area contributed by atoms with Crippen molar-refractivity contribution < 1.29 is 63.0 Å². The summed E-state index contributed by atoms with van der Waals surface area (Å²) in [4.78, 5) is 156. The maximum absolute atomic E-state index is 14.6. The number of aromatic hydroxyl groups is 1. The first kappa shape index (κ1) is 74.7. The molecule has 0 aliphatic carbocycles. The van der Waals surface area contributed by atoms with Crippen LogP contribution in [0.25, 0.3) is 10.9 Å². The number of fused-ring (bicyclic) bond motifs is 1. The van der Waals surface area contributed by atoms with Gasteiger partial charge >= 0.3 is 5.97 Å². The number of likely N-dealkylation sites (tertiary alicyclic amines) is 1. The number of thioether (sulfide) groups is 1. The molecule has 26 heteroatoms. The number of benzene rings is 2. The zero-order valence-electron chi connectivity index (χ0n) is 54.0.